The third-order valence-electron chi connectivity index (χ3n) is 3.77. The fourth-order valence-corrected chi connectivity index (χ4v) is 2.64. The smallest absolute Gasteiger partial charge is 0.342 e. The van der Waals surface area contributed by atoms with Crippen molar-refractivity contribution >= 4 is 17.6 Å². The third kappa shape index (κ3) is 5.13. The summed E-state index contributed by atoms with van der Waals surface area (Å²) in [6, 6.07) is 8.64. The Morgan fingerprint density at radius 3 is 1.93 bits per heavy atom. The zero-order valence-electron chi connectivity index (χ0n) is 16.0. The minimum Gasteiger partial charge on any atom is -0.496 e. The highest BCUT2D eigenvalue weighted by Crippen LogP contribution is 2.34. The molecule has 0 radical (unpaired) electrons. The first-order chi connectivity index (χ1) is 12.9. The topological polar surface area (TPSA) is 83.1 Å². The van der Waals surface area contributed by atoms with Crippen LogP contribution in [0.5, 0.6) is 17.2 Å². The summed E-state index contributed by atoms with van der Waals surface area (Å²) < 4.78 is 20.7. The average Bonchev–Trinajstić information content (AvgIpc) is 2.63. The summed E-state index contributed by atoms with van der Waals surface area (Å²) in [5.41, 5.74) is 2.83. The number of rotatable bonds is 7. The number of methoxy groups -OCH3 is 3. The summed E-state index contributed by atoms with van der Waals surface area (Å²) in [5.74, 6) is -0.119. The molecule has 0 fully saturated rings. The molecule has 1 N–H and O–H groups in total. The second-order valence-corrected chi connectivity index (χ2v) is 5.91. The number of carbonyl (C=O) groups excluding carboxylic acids is 2. The number of esters is 1. The van der Waals surface area contributed by atoms with Crippen molar-refractivity contribution in [1.82, 2.24) is 0 Å². The van der Waals surface area contributed by atoms with E-state index in [4.69, 9.17) is 18.9 Å². The number of nitrogens with one attached hydrogen (secondary N) is 1. The molecule has 2 aromatic carbocycles. The van der Waals surface area contributed by atoms with Gasteiger partial charge in [-0.3, -0.25) is 4.79 Å². The molecule has 0 spiro atoms. The summed E-state index contributed by atoms with van der Waals surface area (Å²) in [4.78, 5) is 24.5. The van der Waals surface area contributed by atoms with E-state index in [-0.39, 0.29) is 11.3 Å². The molecule has 144 valence electrons. The molecule has 0 heterocycles. The van der Waals surface area contributed by atoms with Gasteiger partial charge in [0.05, 0.1) is 21.3 Å². The normalized spacial score (nSPS) is 10.1. The SMILES string of the molecule is COc1cc(OC)c(C(=O)OCC(=O)Nc2cc(C)cc(C)c2)cc1OC. The standard InChI is InChI=1S/C20H23NO6/c1-12-6-13(2)8-14(7-12)21-19(22)11-27-20(23)15-9-17(25-4)18(26-5)10-16(15)24-3/h6-10H,11H2,1-5H3,(H,21,22). The van der Waals surface area contributed by atoms with Gasteiger partial charge in [-0.1, -0.05) is 6.07 Å². The van der Waals surface area contributed by atoms with Crippen LogP contribution in [-0.2, 0) is 9.53 Å². The van der Waals surface area contributed by atoms with Crippen molar-refractivity contribution in [2.75, 3.05) is 33.3 Å². The minimum absolute atomic E-state index is 0.134. The number of anilines is 1. The summed E-state index contributed by atoms with van der Waals surface area (Å²) in [6.07, 6.45) is 0. The Kier molecular flexibility index (Phi) is 6.65. The molecule has 2 aromatic rings. The van der Waals surface area contributed by atoms with Crippen molar-refractivity contribution < 1.29 is 28.5 Å². The molecule has 0 aliphatic heterocycles. The second kappa shape index (κ2) is 8.93. The van der Waals surface area contributed by atoms with Gasteiger partial charge in [0.15, 0.2) is 18.1 Å². The van der Waals surface area contributed by atoms with Crippen LogP contribution in [-0.4, -0.2) is 39.8 Å². The highest BCUT2D eigenvalue weighted by Gasteiger charge is 2.20. The van der Waals surface area contributed by atoms with Gasteiger partial charge in [-0.15, -0.1) is 0 Å². The summed E-state index contributed by atoms with van der Waals surface area (Å²) in [5, 5.41) is 2.71. The van der Waals surface area contributed by atoms with E-state index in [1.807, 2.05) is 32.0 Å². The molecule has 27 heavy (non-hydrogen) atoms. The number of aryl methyl sites for hydroxylation is 2. The molecule has 0 atom stereocenters. The van der Waals surface area contributed by atoms with Crippen LogP contribution in [0.3, 0.4) is 0 Å². The van der Waals surface area contributed by atoms with Crippen LogP contribution in [0.4, 0.5) is 5.69 Å². The lowest BCUT2D eigenvalue weighted by Crippen LogP contribution is -2.21. The molecule has 0 aliphatic carbocycles. The quantitative estimate of drug-likeness (QED) is 0.751. The number of hydrogen-bond acceptors (Lipinski definition) is 6. The Labute approximate surface area is 158 Å². The molecule has 7 heteroatoms. The lowest BCUT2D eigenvalue weighted by atomic mass is 10.1. The van der Waals surface area contributed by atoms with Gasteiger partial charge in [-0.25, -0.2) is 4.79 Å². The highest BCUT2D eigenvalue weighted by molar-refractivity contribution is 5.97. The number of hydrogen-bond donors (Lipinski definition) is 1. The maximum atomic E-state index is 12.4. The fourth-order valence-electron chi connectivity index (χ4n) is 2.64. The van der Waals surface area contributed by atoms with Crippen molar-refractivity contribution in [3.63, 3.8) is 0 Å². The Bertz CT molecular complexity index is 826. The second-order valence-electron chi connectivity index (χ2n) is 5.91. The van der Waals surface area contributed by atoms with Crippen molar-refractivity contribution in [2.24, 2.45) is 0 Å². The van der Waals surface area contributed by atoms with Gasteiger partial charge in [0, 0.05) is 17.8 Å². The van der Waals surface area contributed by atoms with Gasteiger partial charge in [0.2, 0.25) is 0 Å². The predicted molar refractivity (Wildman–Crippen MR) is 101 cm³/mol. The molecule has 1 amide bonds. The molecule has 0 aliphatic rings. The van der Waals surface area contributed by atoms with E-state index < -0.39 is 18.5 Å². The molecular weight excluding hydrogens is 350 g/mol. The van der Waals surface area contributed by atoms with Crippen LogP contribution >= 0.6 is 0 Å². The van der Waals surface area contributed by atoms with Gasteiger partial charge < -0.3 is 24.3 Å². The van der Waals surface area contributed by atoms with Gasteiger partial charge in [0.1, 0.15) is 11.3 Å². The summed E-state index contributed by atoms with van der Waals surface area (Å²) in [7, 11) is 4.36. The number of carbonyl (C=O) groups is 2. The Morgan fingerprint density at radius 1 is 0.815 bits per heavy atom. The third-order valence-corrected chi connectivity index (χ3v) is 3.77. The van der Waals surface area contributed by atoms with E-state index in [0.29, 0.717) is 17.2 Å². The van der Waals surface area contributed by atoms with E-state index in [1.54, 1.807) is 0 Å². The highest BCUT2D eigenvalue weighted by atomic mass is 16.5. The molecule has 0 bridgehead atoms. The fraction of sp³-hybridized carbons (Fsp3) is 0.300. The Morgan fingerprint density at radius 2 is 1.37 bits per heavy atom. The van der Waals surface area contributed by atoms with Crippen LogP contribution in [0.1, 0.15) is 21.5 Å². The van der Waals surface area contributed by atoms with E-state index in [1.165, 1.54) is 33.5 Å². The lowest BCUT2D eigenvalue weighted by molar-refractivity contribution is -0.119. The van der Waals surface area contributed by atoms with Gasteiger partial charge in [-0.2, -0.15) is 0 Å². The zero-order valence-corrected chi connectivity index (χ0v) is 16.0. The molecule has 0 saturated heterocycles. The molecule has 2 rings (SSSR count). The first-order valence-corrected chi connectivity index (χ1v) is 8.23. The van der Waals surface area contributed by atoms with Crippen LogP contribution in [0.2, 0.25) is 0 Å². The van der Waals surface area contributed by atoms with Crippen molar-refractivity contribution in [1.29, 1.82) is 0 Å². The van der Waals surface area contributed by atoms with E-state index >= 15 is 0 Å². The first kappa shape index (κ1) is 20.1. The predicted octanol–water partition coefficient (Wildman–Crippen LogP) is 3.12. The number of benzene rings is 2. The van der Waals surface area contributed by atoms with Crippen LogP contribution < -0.4 is 19.5 Å². The number of amides is 1. The zero-order chi connectivity index (χ0) is 20.0. The summed E-state index contributed by atoms with van der Waals surface area (Å²) >= 11 is 0. The summed E-state index contributed by atoms with van der Waals surface area (Å²) in [6.45, 7) is 3.45. The van der Waals surface area contributed by atoms with E-state index in [9.17, 15) is 9.59 Å². The lowest BCUT2D eigenvalue weighted by Gasteiger charge is -2.13. The molecule has 0 unspecified atom stereocenters. The van der Waals surface area contributed by atoms with Crippen LogP contribution in [0, 0.1) is 13.8 Å². The van der Waals surface area contributed by atoms with Crippen LogP contribution in [0.25, 0.3) is 0 Å². The molecule has 0 saturated carbocycles. The van der Waals surface area contributed by atoms with E-state index in [0.717, 1.165) is 11.1 Å². The average molecular weight is 373 g/mol. The first-order valence-electron chi connectivity index (χ1n) is 8.23. The van der Waals surface area contributed by atoms with Crippen molar-refractivity contribution in [2.45, 2.75) is 13.8 Å². The van der Waals surface area contributed by atoms with Crippen LogP contribution in [0.15, 0.2) is 30.3 Å². The Hall–Kier alpha value is -3.22. The van der Waals surface area contributed by atoms with Crippen molar-refractivity contribution in [3.05, 3.63) is 47.0 Å². The molecular formula is C20H23NO6. The van der Waals surface area contributed by atoms with Gasteiger partial charge in [-0.05, 0) is 37.1 Å². The monoisotopic (exact) mass is 373 g/mol. The van der Waals surface area contributed by atoms with Crippen molar-refractivity contribution in [3.8, 4) is 17.2 Å². The molecule has 7 nitrogen and oxygen atoms in total. The maximum absolute atomic E-state index is 12.4. The number of ether oxygens (including phenoxy) is 4. The van der Waals surface area contributed by atoms with Gasteiger partial charge in [0.25, 0.3) is 5.91 Å². The molecule has 0 aromatic heterocycles. The maximum Gasteiger partial charge on any atom is 0.342 e. The minimum atomic E-state index is -0.705. The van der Waals surface area contributed by atoms with E-state index in [2.05, 4.69) is 5.32 Å². The van der Waals surface area contributed by atoms with Gasteiger partial charge >= 0.3 is 5.97 Å². The largest absolute Gasteiger partial charge is 0.496 e. The Balaban J connectivity index is 2.07.